The van der Waals surface area contributed by atoms with E-state index in [9.17, 15) is 4.39 Å². The molecule has 2 unspecified atom stereocenters. The fourth-order valence-electron chi connectivity index (χ4n) is 2.54. The quantitative estimate of drug-likeness (QED) is 0.861. The van der Waals surface area contributed by atoms with Crippen LogP contribution in [0.2, 0.25) is 0 Å². The van der Waals surface area contributed by atoms with Gasteiger partial charge in [-0.05, 0) is 61.4 Å². The molecule has 1 N–H and O–H groups in total. The van der Waals surface area contributed by atoms with Gasteiger partial charge in [0.15, 0.2) is 0 Å². The minimum atomic E-state index is -0.0688. The lowest BCUT2D eigenvalue weighted by Gasteiger charge is -2.37. The fourth-order valence-corrected chi connectivity index (χ4v) is 2.95. The lowest BCUT2D eigenvalue weighted by atomic mass is 9.70. The molecule has 3 heteroatoms. The number of hydrogen-bond acceptors (Lipinski definition) is 1. The van der Waals surface area contributed by atoms with Crippen LogP contribution < -0.4 is 5.32 Å². The lowest BCUT2D eigenvalue weighted by Crippen LogP contribution is -2.38. The van der Waals surface area contributed by atoms with E-state index in [0.717, 1.165) is 23.0 Å². The summed E-state index contributed by atoms with van der Waals surface area (Å²) in [7, 11) is 0. The molecule has 1 aromatic carbocycles. The van der Waals surface area contributed by atoms with Crippen molar-refractivity contribution in [2.24, 2.45) is 11.8 Å². The number of benzene rings is 1. The van der Waals surface area contributed by atoms with E-state index in [1.807, 2.05) is 6.07 Å². The zero-order valence-electron chi connectivity index (χ0n) is 11.0. The van der Waals surface area contributed by atoms with Crippen molar-refractivity contribution >= 4 is 15.9 Å². The van der Waals surface area contributed by atoms with Gasteiger partial charge in [-0.3, -0.25) is 0 Å². The zero-order valence-corrected chi connectivity index (χ0v) is 12.6. The van der Waals surface area contributed by atoms with Crippen LogP contribution in [0.15, 0.2) is 22.7 Å². The first-order valence-electron chi connectivity index (χ1n) is 6.73. The molecule has 100 valence electrons. The van der Waals surface area contributed by atoms with Crippen LogP contribution in [0.5, 0.6) is 0 Å². The van der Waals surface area contributed by atoms with E-state index in [0.29, 0.717) is 17.9 Å². The van der Waals surface area contributed by atoms with E-state index in [4.69, 9.17) is 0 Å². The van der Waals surface area contributed by atoms with Gasteiger partial charge in [0.1, 0.15) is 5.82 Å². The van der Waals surface area contributed by atoms with E-state index in [2.05, 4.69) is 35.1 Å². The molecule has 1 fully saturated rings. The van der Waals surface area contributed by atoms with Gasteiger partial charge in [0.25, 0.3) is 0 Å². The summed E-state index contributed by atoms with van der Waals surface area (Å²) >= 11 is 3.41. The first-order chi connectivity index (χ1) is 8.56. The molecule has 0 spiro atoms. The van der Waals surface area contributed by atoms with Crippen LogP contribution in [0.1, 0.15) is 32.3 Å². The van der Waals surface area contributed by atoms with Crippen molar-refractivity contribution in [2.45, 2.75) is 39.2 Å². The van der Waals surface area contributed by atoms with Crippen molar-refractivity contribution in [2.75, 3.05) is 6.54 Å². The fraction of sp³-hybridized carbons (Fsp3) is 0.600. The molecule has 0 aromatic heterocycles. The lowest BCUT2D eigenvalue weighted by molar-refractivity contribution is 0.166. The van der Waals surface area contributed by atoms with Crippen molar-refractivity contribution in [1.82, 2.24) is 5.32 Å². The molecule has 0 saturated heterocycles. The summed E-state index contributed by atoms with van der Waals surface area (Å²) in [5.74, 6) is 1.28. The minimum Gasteiger partial charge on any atom is -0.314 e. The molecular formula is C15H21BrFN. The third-order valence-electron chi connectivity index (χ3n) is 3.85. The van der Waals surface area contributed by atoms with Crippen molar-refractivity contribution in [3.63, 3.8) is 0 Å². The first-order valence-corrected chi connectivity index (χ1v) is 7.53. The standard InChI is InChI=1S/C15H21BrFN/c1-10(2)18-9-12-4-3-11(12)7-13-8-14(16)5-6-15(13)17/h5-6,8,10-12,18H,3-4,7,9H2,1-2H3. The maximum absolute atomic E-state index is 13.7. The van der Waals surface area contributed by atoms with E-state index in [-0.39, 0.29) is 5.82 Å². The Labute approximate surface area is 117 Å². The second-order valence-electron chi connectivity index (χ2n) is 5.60. The van der Waals surface area contributed by atoms with Gasteiger partial charge < -0.3 is 5.32 Å². The molecule has 18 heavy (non-hydrogen) atoms. The number of hydrogen-bond donors (Lipinski definition) is 1. The van der Waals surface area contributed by atoms with E-state index >= 15 is 0 Å². The summed E-state index contributed by atoms with van der Waals surface area (Å²) in [5, 5.41) is 3.49. The summed E-state index contributed by atoms with van der Waals surface area (Å²) in [6.45, 7) is 5.40. The number of halogens is 2. The summed E-state index contributed by atoms with van der Waals surface area (Å²) in [6, 6.07) is 5.77. The van der Waals surface area contributed by atoms with Crippen LogP contribution in [-0.4, -0.2) is 12.6 Å². The van der Waals surface area contributed by atoms with E-state index in [1.54, 1.807) is 12.1 Å². The highest BCUT2D eigenvalue weighted by Crippen LogP contribution is 2.37. The van der Waals surface area contributed by atoms with Gasteiger partial charge in [0.05, 0.1) is 0 Å². The van der Waals surface area contributed by atoms with Crippen LogP contribution >= 0.6 is 15.9 Å². The number of nitrogens with one attached hydrogen (secondary N) is 1. The van der Waals surface area contributed by atoms with Crippen molar-refractivity contribution in [3.8, 4) is 0 Å². The second kappa shape index (κ2) is 6.16. The molecule has 1 aliphatic carbocycles. The molecule has 0 heterocycles. The van der Waals surface area contributed by atoms with Crippen molar-refractivity contribution < 1.29 is 4.39 Å². The Morgan fingerprint density at radius 3 is 2.67 bits per heavy atom. The van der Waals surface area contributed by atoms with Gasteiger partial charge in [-0.2, -0.15) is 0 Å². The predicted molar refractivity (Wildman–Crippen MR) is 77.2 cm³/mol. The van der Waals surface area contributed by atoms with Crippen molar-refractivity contribution in [1.29, 1.82) is 0 Å². The van der Waals surface area contributed by atoms with Crippen molar-refractivity contribution in [3.05, 3.63) is 34.1 Å². The number of rotatable bonds is 5. The third kappa shape index (κ3) is 3.55. The summed E-state index contributed by atoms with van der Waals surface area (Å²) in [4.78, 5) is 0. The highest BCUT2D eigenvalue weighted by molar-refractivity contribution is 9.10. The highest BCUT2D eigenvalue weighted by Gasteiger charge is 2.31. The average molecular weight is 314 g/mol. The highest BCUT2D eigenvalue weighted by atomic mass is 79.9. The van der Waals surface area contributed by atoms with Crippen LogP contribution in [0.25, 0.3) is 0 Å². The molecular weight excluding hydrogens is 293 g/mol. The summed E-state index contributed by atoms with van der Waals surface area (Å²) in [6.07, 6.45) is 3.38. The molecule has 0 bridgehead atoms. The molecule has 2 atom stereocenters. The molecule has 0 radical (unpaired) electrons. The van der Waals surface area contributed by atoms with Crippen LogP contribution in [0, 0.1) is 17.7 Å². The van der Waals surface area contributed by atoms with Gasteiger partial charge in [0.2, 0.25) is 0 Å². The normalized spacial score (nSPS) is 23.2. The Kier molecular flexibility index (Phi) is 4.79. The zero-order chi connectivity index (χ0) is 13.1. The topological polar surface area (TPSA) is 12.0 Å². The molecule has 0 amide bonds. The molecule has 1 aliphatic rings. The van der Waals surface area contributed by atoms with Gasteiger partial charge >= 0.3 is 0 Å². The average Bonchev–Trinajstić information content (AvgIpc) is 2.28. The van der Waals surface area contributed by atoms with Crippen LogP contribution in [0.4, 0.5) is 4.39 Å². The predicted octanol–water partition coefficient (Wildman–Crippen LogP) is 4.15. The maximum atomic E-state index is 13.7. The molecule has 1 nitrogen and oxygen atoms in total. The van der Waals surface area contributed by atoms with Gasteiger partial charge in [-0.1, -0.05) is 29.8 Å². The summed E-state index contributed by atoms with van der Waals surface area (Å²) in [5.41, 5.74) is 0.851. The Hall–Kier alpha value is -0.410. The minimum absolute atomic E-state index is 0.0688. The maximum Gasteiger partial charge on any atom is 0.126 e. The van der Waals surface area contributed by atoms with Gasteiger partial charge in [-0.25, -0.2) is 4.39 Å². The summed E-state index contributed by atoms with van der Waals surface area (Å²) < 4.78 is 14.7. The van der Waals surface area contributed by atoms with Gasteiger partial charge in [0, 0.05) is 10.5 Å². The van der Waals surface area contributed by atoms with Crippen LogP contribution in [-0.2, 0) is 6.42 Å². The van der Waals surface area contributed by atoms with E-state index < -0.39 is 0 Å². The third-order valence-corrected chi connectivity index (χ3v) is 4.35. The second-order valence-corrected chi connectivity index (χ2v) is 6.52. The smallest absolute Gasteiger partial charge is 0.126 e. The Morgan fingerprint density at radius 2 is 2.06 bits per heavy atom. The molecule has 2 rings (SSSR count). The largest absolute Gasteiger partial charge is 0.314 e. The van der Waals surface area contributed by atoms with Crippen LogP contribution in [0.3, 0.4) is 0 Å². The molecule has 1 aromatic rings. The SMILES string of the molecule is CC(C)NCC1CCC1Cc1cc(Br)ccc1F. The Bertz CT molecular complexity index is 405. The monoisotopic (exact) mass is 313 g/mol. The molecule has 0 aliphatic heterocycles. The Morgan fingerprint density at radius 1 is 1.33 bits per heavy atom. The van der Waals surface area contributed by atoms with Gasteiger partial charge in [-0.15, -0.1) is 0 Å². The Balaban J connectivity index is 1.91. The first kappa shape index (κ1) is 14.0. The van der Waals surface area contributed by atoms with E-state index in [1.165, 1.54) is 12.8 Å². The molecule has 1 saturated carbocycles.